The number of rotatable bonds is 2. The van der Waals surface area contributed by atoms with Crippen LogP contribution < -0.4 is 5.73 Å². The van der Waals surface area contributed by atoms with E-state index in [0.29, 0.717) is 27.8 Å². The van der Waals surface area contributed by atoms with E-state index in [1.165, 1.54) is 4.90 Å². The molecule has 1 aromatic carbocycles. The molecule has 4 nitrogen and oxygen atoms in total. The highest BCUT2D eigenvalue weighted by molar-refractivity contribution is 9.10. The summed E-state index contributed by atoms with van der Waals surface area (Å²) in [5, 5.41) is 0. The van der Waals surface area contributed by atoms with Gasteiger partial charge in [0.05, 0.1) is 11.1 Å². The lowest BCUT2D eigenvalue weighted by atomic mass is 10.1. The zero-order valence-electron chi connectivity index (χ0n) is 8.79. The molecule has 5 heteroatoms. The number of carbonyl (C=O) groups excluding carboxylic acids is 2. The Morgan fingerprint density at radius 1 is 1.25 bits per heavy atom. The Hall–Kier alpha value is -1.36. The second-order valence-electron chi connectivity index (χ2n) is 3.68. The predicted octanol–water partition coefficient (Wildman–Crippen LogP) is 2.04. The van der Waals surface area contributed by atoms with Crippen molar-refractivity contribution in [3.8, 4) is 0 Å². The summed E-state index contributed by atoms with van der Waals surface area (Å²) in [5.74, 6) is -0.483. The van der Waals surface area contributed by atoms with Crippen molar-refractivity contribution >= 4 is 33.4 Å². The zero-order chi connectivity index (χ0) is 11.9. The van der Waals surface area contributed by atoms with Gasteiger partial charge in [0.25, 0.3) is 11.8 Å². The molecule has 1 aliphatic heterocycles. The smallest absolute Gasteiger partial charge is 0.261 e. The molecule has 0 bridgehead atoms. The molecule has 2 N–H and O–H groups in total. The summed E-state index contributed by atoms with van der Waals surface area (Å²) < 4.78 is 0.644. The van der Waals surface area contributed by atoms with E-state index >= 15 is 0 Å². The Labute approximate surface area is 102 Å². The van der Waals surface area contributed by atoms with Gasteiger partial charge in [-0.1, -0.05) is 6.92 Å². The molecule has 0 fully saturated rings. The number of amides is 2. The minimum atomic E-state index is -0.249. The van der Waals surface area contributed by atoms with Crippen molar-refractivity contribution in [2.75, 3.05) is 12.3 Å². The third-order valence-corrected chi connectivity index (χ3v) is 3.22. The van der Waals surface area contributed by atoms with Gasteiger partial charge < -0.3 is 5.73 Å². The maximum atomic E-state index is 11.9. The van der Waals surface area contributed by atoms with Gasteiger partial charge in [-0.05, 0) is 34.5 Å². The fourth-order valence-electron chi connectivity index (χ4n) is 1.75. The lowest BCUT2D eigenvalue weighted by Gasteiger charge is -2.11. The fraction of sp³-hybridized carbons (Fsp3) is 0.273. The van der Waals surface area contributed by atoms with Gasteiger partial charge in [0.15, 0.2) is 0 Å². The van der Waals surface area contributed by atoms with Crippen LogP contribution in [0.15, 0.2) is 16.6 Å². The molecule has 0 saturated heterocycles. The monoisotopic (exact) mass is 282 g/mol. The number of nitrogens with two attached hydrogens (primary N) is 1. The molecule has 16 heavy (non-hydrogen) atoms. The summed E-state index contributed by atoms with van der Waals surface area (Å²) >= 11 is 3.25. The number of imide groups is 1. The molecule has 0 atom stereocenters. The van der Waals surface area contributed by atoms with Crippen molar-refractivity contribution in [2.45, 2.75) is 13.3 Å². The molecule has 2 amide bonds. The van der Waals surface area contributed by atoms with E-state index < -0.39 is 0 Å². The molecule has 0 unspecified atom stereocenters. The van der Waals surface area contributed by atoms with Gasteiger partial charge in [-0.15, -0.1) is 0 Å². The van der Waals surface area contributed by atoms with Crippen molar-refractivity contribution in [3.63, 3.8) is 0 Å². The molecule has 1 heterocycles. The summed E-state index contributed by atoms with van der Waals surface area (Å²) in [6.07, 6.45) is 0.752. The van der Waals surface area contributed by atoms with Crippen molar-refractivity contribution in [1.82, 2.24) is 4.90 Å². The predicted molar refractivity (Wildman–Crippen MR) is 64.2 cm³/mol. The van der Waals surface area contributed by atoms with Crippen molar-refractivity contribution < 1.29 is 9.59 Å². The van der Waals surface area contributed by atoms with Crippen LogP contribution in [0.25, 0.3) is 0 Å². The lowest BCUT2D eigenvalue weighted by Crippen LogP contribution is -2.30. The molecule has 0 saturated carbocycles. The fourth-order valence-corrected chi connectivity index (χ4v) is 2.10. The third-order valence-electron chi connectivity index (χ3n) is 2.54. The molecule has 0 aromatic heterocycles. The second kappa shape index (κ2) is 3.90. The quantitative estimate of drug-likeness (QED) is 0.667. The van der Waals surface area contributed by atoms with E-state index in [0.717, 1.165) is 6.42 Å². The Kier molecular flexibility index (Phi) is 2.71. The number of hydrogen-bond acceptors (Lipinski definition) is 3. The maximum Gasteiger partial charge on any atom is 0.261 e. The van der Waals surface area contributed by atoms with Gasteiger partial charge in [0.2, 0.25) is 0 Å². The first-order valence-electron chi connectivity index (χ1n) is 5.01. The largest absolute Gasteiger partial charge is 0.398 e. The van der Waals surface area contributed by atoms with Crippen LogP contribution in [0.2, 0.25) is 0 Å². The first-order chi connectivity index (χ1) is 7.56. The topological polar surface area (TPSA) is 63.4 Å². The number of anilines is 1. The van der Waals surface area contributed by atoms with Crippen LogP contribution in [0.4, 0.5) is 5.69 Å². The van der Waals surface area contributed by atoms with Crippen molar-refractivity contribution in [3.05, 3.63) is 27.7 Å². The van der Waals surface area contributed by atoms with Gasteiger partial charge in [0, 0.05) is 16.7 Å². The number of benzene rings is 1. The molecule has 1 aromatic rings. The van der Waals surface area contributed by atoms with E-state index in [4.69, 9.17) is 5.73 Å². The first-order valence-corrected chi connectivity index (χ1v) is 5.80. The Bertz CT molecular complexity index is 444. The average Bonchev–Trinajstić information content (AvgIpc) is 2.46. The normalized spacial score (nSPS) is 14.5. The molecular weight excluding hydrogens is 272 g/mol. The maximum absolute atomic E-state index is 11.9. The highest BCUT2D eigenvalue weighted by atomic mass is 79.9. The van der Waals surface area contributed by atoms with Crippen LogP contribution in [0.3, 0.4) is 0 Å². The van der Waals surface area contributed by atoms with Crippen LogP contribution in [0.5, 0.6) is 0 Å². The standard InChI is InChI=1S/C11H11BrN2O2/c1-2-3-14-10(15)6-4-8(12)9(13)5-7(6)11(14)16/h4-5H,2-3,13H2,1H3. The van der Waals surface area contributed by atoms with Crippen molar-refractivity contribution in [1.29, 1.82) is 0 Å². The number of nitrogen functional groups attached to an aromatic ring is 1. The van der Waals surface area contributed by atoms with E-state index in [-0.39, 0.29) is 11.8 Å². The molecule has 1 aliphatic rings. The van der Waals surface area contributed by atoms with Gasteiger partial charge >= 0.3 is 0 Å². The van der Waals surface area contributed by atoms with E-state index in [2.05, 4.69) is 15.9 Å². The Morgan fingerprint density at radius 3 is 2.38 bits per heavy atom. The SMILES string of the molecule is CCCN1C(=O)c2cc(N)c(Br)cc2C1=O. The summed E-state index contributed by atoms with van der Waals surface area (Å²) in [4.78, 5) is 25.1. The average molecular weight is 283 g/mol. The molecule has 84 valence electrons. The first kappa shape index (κ1) is 11.1. The van der Waals surface area contributed by atoms with E-state index in [9.17, 15) is 9.59 Å². The lowest BCUT2D eigenvalue weighted by molar-refractivity contribution is 0.0654. The Balaban J connectivity index is 2.51. The number of fused-ring (bicyclic) bond motifs is 1. The van der Waals surface area contributed by atoms with Gasteiger partial charge in [0.1, 0.15) is 0 Å². The van der Waals surface area contributed by atoms with Crippen LogP contribution in [0, 0.1) is 0 Å². The zero-order valence-corrected chi connectivity index (χ0v) is 10.4. The minimum absolute atomic E-state index is 0.234. The molecule has 2 rings (SSSR count). The van der Waals surface area contributed by atoms with Gasteiger partial charge in [-0.3, -0.25) is 14.5 Å². The summed E-state index contributed by atoms with van der Waals surface area (Å²) in [6, 6.07) is 3.16. The van der Waals surface area contributed by atoms with Gasteiger partial charge in [-0.2, -0.15) is 0 Å². The highest BCUT2D eigenvalue weighted by Crippen LogP contribution is 2.30. The van der Waals surface area contributed by atoms with E-state index in [1.807, 2.05) is 6.92 Å². The summed E-state index contributed by atoms with van der Waals surface area (Å²) in [5.41, 5.74) is 6.99. The number of carbonyl (C=O) groups is 2. The third kappa shape index (κ3) is 1.51. The number of nitrogens with zero attached hydrogens (tertiary/aromatic N) is 1. The Morgan fingerprint density at radius 2 is 1.81 bits per heavy atom. The summed E-state index contributed by atoms with van der Waals surface area (Å²) in [6.45, 7) is 2.37. The second-order valence-corrected chi connectivity index (χ2v) is 4.54. The molecular formula is C11H11BrN2O2. The molecule has 0 aliphatic carbocycles. The van der Waals surface area contributed by atoms with Crippen LogP contribution in [0.1, 0.15) is 34.1 Å². The van der Waals surface area contributed by atoms with Gasteiger partial charge in [-0.25, -0.2) is 0 Å². The minimum Gasteiger partial charge on any atom is -0.398 e. The van der Waals surface area contributed by atoms with Crippen molar-refractivity contribution in [2.24, 2.45) is 0 Å². The van der Waals surface area contributed by atoms with Crippen LogP contribution in [-0.2, 0) is 0 Å². The highest BCUT2D eigenvalue weighted by Gasteiger charge is 2.35. The number of halogens is 1. The van der Waals surface area contributed by atoms with E-state index in [1.54, 1.807) is 12.1 Å². The summed E-state index contributed by atoms with van der Waals surface area (Å²) in [7, 11) is 0. The van der Waals surface area contributed by atoms with Crippen LogP contribution >= 0.6 is 15.9 Å². The number of hydrogen-bond donors (Lipinski definition) is 1. The molecule has 0 radical (unpaired) electrons. The van der Waals surface area contributed by atoms with Crippen LogP contribution in [-0.4, -0.2) is 23.3 Å². The molecule has 0 spiro atoms.